The Morgan fingerprint density at radius 3 is 2.54 bits per heavy atom. The lowest BCUT2D eigenvalue weighted by Gasteiger charge is -2.12. The van der Waals surface area contributed by atoms with Gasteiger partial charge in [-0.05, 0) is 25.1 Å². The number of hydrogen-bond acceptors (Lipinski definition) is 2. The van der Waals surface area contributed by atoms with Crippen LogP contribution in [0.1, 0.15) is 44.8 Å². The van der Waals surface area contributed by atoms with Crippen LogP contribution in [0.3, 0.4) is 0 Å². The molecule has 0 aliphatic carbocycles. The molecule has 0 saturated carbocycles. The van der Waals surface area contributed by atoms with Gasteiger partial charge in [0.1, 0.15) is 11.5 Å². The second-order valence-corrected chi connectivity index (χ2v) is 3.18. The van der Waals surface area contributed by atoms with Crippen LogP contribution in [0.15, 0.2) is 16.5 Å². The molecule has 0 fully saturated rings. The molecule has 74 valence electrons. The zero-order valence-corrected chi connectivity index (χ0v) is 8.76. The van der Waals surface area contributed by atoms with Crippen molar-refractivity contribution in [3.63, 3.8) is 0 Å². The van der Waals surface area contributed by atoms with E-state index in [1.165, 1.54) is 0 Å². The van der Waals surface area contributed by atoms with Gasteiger partial charge in [0.25, 0.3) is 0 Å². The average Bonchev–Trinajstić information content (AvgIpc) is 2.62. The second kappa shape index (κ2) is 5.07. The van der Waals surface area contributed by atoms with Crippen LogP contribution in [0.5, 0.6) is 0 Å². The minimum Gasteiger partial charge on any atom is -0.464 e. The third-order valence-electron chi connectivity index (χ3n) is 2.23. The molecule has 1 N–H and O–H groups in total. The van der Waals surface area contributed by atoms with Crippen LogP contribution in [-0.2, 0) is 6.42 Å². The van der Waals surface area contributed by atoms with E-state index < -0.39 is 0 Å². The molecule has 0 saturated heterocycles. The maximum atomic E-state index is 5.68. The molecule has 13 heavy (non-hydrogen) atoms. The van der Waals surface area contributed by atoms with Gasteiger partial charge in [-0.25, -0.2) is 0 Å². The molecule has 1 aromatic heterocycles. The smallest absolute Gasteiger partial charge is 0.121 e. The van der Waals surface area contributed by atoms with Crippen LogP contribution >= 0.6 is 0 Å². The minimum atomic E-state index is 0.380. The van der Waals surface area contributed by atoms with Crippen molar-refractivity contribution >= 4 is 0 Å². The summed E-state index contributed by atoms with van der Waals surface area (Å²) in [6.07, 6.45) is 2.05. The van der Waals surface area contributed by atoms with Crippen molar-refractivity contribution in [2.45, 2.75) is 39.7 Å². The molecular weight excluding hydrogens is 162 g/mol. The summed E-state index contributed by atoms with van der Waals surface area (Å²) in [6.45, 7) is 7.38. The lowest BCUT2D eigenvalue weighted by molar-refractivity contribution is 0.392. The maximum Gasteiger partial charge on any atom is 0.121 e. The van der Waals surface area contributed by atoms with Gasteiger partial charge in [0, 0.05) is 6.42 Å². The molecule has 0 aliphatic heterocycles. The molecule has 0 aromatic carbocycles. The number of rotatable bonds is 5. The Morgan fingerprint density at radius 2 is 2.08 bits per heavy atom. The molecule has 1 rings (SSSR count). The second-order valence-electron chi connectivity index (χ2n) is 3.18. The van der Waals surface area contributed by atoms with Gasteiger partial charge in [0.15, 0.2) is 0 Å². The van der Waals surface area contributed by atoms with Gasteiger partial charge >= 0.3 is 0 Å². The first kappa shape index (κ1) is 10.3. The quantitative estimate of drug-likeness (QED) is 0.755. The molecule has 1 atom stereocenters. The summed E-state index contributed by atoms with van der Waals surface area (Å²) in [5.74, 6) is 2.15. The Labute approximate surface area is 80.3 Å². The number of hydrogen-bond donors (Lipinski definition) is 1. The Kier molecular flexibility index (Phi) is 4.03. The maximum absolute atomic E-state index is 5.68. The predicted molar refractivity (Wildman–Crippen MR) is 54.8 cm³/mol. The third-order valence-corrected chi connectivity index (χ3v) is 2.23. The summed E-state index contributed by atoms with van der Waals surface area (Å²) in [7, 11) is 0. The van der Waals surface area contributed by atoms with Crippen molar-refractivity contribution in [1.29, 1.82) is 0 Å². The van der Waals surface area contributed by atoms with E-state index in [-0.39, 0.29) is 0 Å². The van der Waals surface area contributed by atoms with Crippen molar-refractivity contribution in [3.8, 4) is 0 Å². The SMILES string of the molecule is CCNC(CC)c1ccc(CC)o1. The van der Waals surface area contributed by atoms with E-state index in [2.05, 4.69) is 38.2 Å². The Hall–Kier alpha value is -0.760. The van der Waals surface area contributed by atoms with Crippen molar-refractivity contribution in [1.82, 2.24) is 5.32 Å². The molecule has 1 aromatic rings. The Balaban J connectivity index is 2.67. The molecule has 0 aliphatic rings. The Bertz CT molecular complexity index is 242. The van der Waals surface area contributed by atoms with E-state index >= 15 is 0 Å². The average molecular weight is 181 g/mol. The molecule has 0 radical (unpaired) electrons. The zero-order valence-electron chi connectivity index (χ0n) is 8.76. The van der Waals surface area contributed by atoms with Crippen molar-refractivity contribution < 1.29 is 4.42 Å². The fourth-order valence-corrected chi connectivity index (χ4v) is 1.46. The van der Waals surface area contributed by atoms with E-state index in [0.29, 0.717) is 6.04 Å². The largest absolute Gasteiger partial charge is 0.464 e. The number of furan rings is 1. The van der Waals surface area contributed by atoms with E-state index in [1.54, 1.807) is 0 Å². The molecule has 1 heterocycles. The van der Waals surface area contributed by atoms with E-state index in [1.807, 2.05) is 0 Å². The van der Waals surface area contributed by atoms with Gasteiger partial charge < -0.3 is 9.73 Å². The lowest BCUT2D eigenvalue weighted by atomic mass is 10.2. The van der Waals surface area contributed by atoms with E-state index in [9.17, 15) is 0 Å². The summed E-state index contributed by atoms with van der Waals surface area (Å²) in [5.41, 5.74) is 0. The van der Waals surface area contributed by atoms with Crippen LogP contribution in [0.4, 0.5) is 0 Å². The molecule has 2 nitrogen and oxygen atoms in total. The Morgan fingerprint density at radius 1 is 1.31 bits per heavy atom. The summed E-state index contributed by atoms with van der Waals surface area (Å²) in [4.78, 5) is 0. The standard InChI is InChI=1S/C11H19NO/c1-4-9-7-8-11(13-9)10(5-2)12-6-3/h7-8,10,12H,4-6H2,1-3H3. The first-order chi connectivity index (χ1) is 6.31. The summed E-state index contributed by atoms with van der Waals surface area (Å²) in [5, 5.41) is 3.39. The summed E-state index contributed by atoms with van der Waals surface area (Å²) in [6, 6.07) is 4.52. The van der Waals surface area contributed by atoms with Gasteiger partial charge in [-0.15, -0.1) is 0 Å². The normalized spacial score (nSPS) is 13.2. The summed E-state index contributed by atoms with van der Waals surface area (Å²) >= 11 is 0. The number of aryl methyl sites for hydroxylation is 1. The topological polar surface area (TPSA) is 25.2 Å². The van der Waals surface area contributed by atoms with Gasteiger partial charge in [0.05, 0.1) is 6.04 Å². The van der Waals surface area contributed by atoms with Crippen LogP contribution in [-0.4, -0.2) is 6.54 Å². The van der Waals surface area contributed by atoms with Gasteiger partial charge in [0.2, 0.25) is 0 Å². The highest BCUT2D eigenvalue weighted by molar-refractivity contribution is 5.10. The third kappa shape index (κ3) is 2.59. The van der Waals surface area contributed by atoms with Gasteiger partial charge in [-0.3, -0.25) is 0 Å². The lowest BCUT2D eigenvalue weighted by Crippen LogP contribution is -2.19. The van der Waals surface area contributed by atoms with Crippen molar-refractivity contribution in [3.05, 3.63) is 23.7 Å². The summed E-state index contributed by atoms with van der Waals surface area (Å²) < 4.78 is 5.68. The predicted octanol–water partition coefficient (Wildman–Crippen LogP) is 2.90. The molecule has 1 unspecified atom stereocenters. The van der Waals surface area contributed by atoms with Crippen molar-refractivity contribution in [2.75, 3.05) is 6.54 Å². The number of nitrogens with one attached hydrogen (secondary N) is 1. The highest BCUT2D eigenvalue weighted by Gasteiger charge is 2.11. The first-order valence-electron chi connectivity index (χ1n) is 5.13. The van der Waals surface area contributed by atoms with Crippen LogP contribution in [0.2, 0.25) is 0 Å². The van der Waals surface area contributed by atoms with Crippen LogP contribution in [0, 0.1) is 0 Å². The molecular formula is C11H19NO. The molecule has 0 amide bonds. The van der Waals surface area contributed by atoms with E-state index in [0.717, 1.165) is 30.9 Å². The highest BCUT2D eigenvalue weighted by atomic mass is 16.3. The fraction of sp³-hybridized carbons (Fsp3) is 0.636. The van der Waals surface area contributed by atoms with Crippen LogP contribution in [0.25, 0.3) is 0 Å². The van der Waals surface area contributed by atoms with Gasteiger partial charge in [-0.2, -0.15) is 0 Å². The molecule has 0 bridgehead atoms. The molecule has 0 spiro atoms. The monoisotopic (exact) mass is 181 g/mol. The van der Waals surface area contributed by atoms with Crippen LogP contribution < -0.4 is 5.32 Å². The zero-order chi connectivity index (χ0) is 9.68. The van der Waals surface area contributed by atoms with Crippen molar-refractivity contribution in [2.24, 2.45) is 0 Å². The highest BCUT2D eigenvalue weighted by Crippen LogP contribution is 2.19. The van der Waals surface area contributed by atoms with E-state index in [4.69, 9.17) is 4.42 Å². The molecule has 2 heteroatoms. The first-order valence-corrected chi connectivity index (χ1v) is 5.13. The van der Waals surface area contributed by atoms with Gasteiger partial charge in [-0.1, -0.05) is 20.8 Å². The minimum absolute atomic E-state index is 0.380. The fourth-order valence-electron chi connectivity index (χ4n) is 1.46.